The van der Waals surface area contributed by atoms with Gasteiger partial charge >= 0.3 is 13.8 Å². The van der Waals surface area contributed by atoms with Crippen molar-refractivity contribution in [1.82, 2.24) is 0 Å². The molecule has 0 aliphatic rings. The number of allylic oxidation sites excluding steroid dienone is 6. The first kappa shape index (κ1) is 54.7. The molecule has 0 aliphatic heterocycles. The summed E-state index contributed by atoms with van der Waals surface area (Å²) >= 11 is 0. The summed E-state index contributed by atoms with van der Waals surface area (Å²) in [4.78, 5) is 22.6. The van der Waals surface area contributed by atoms with Crippen LogP contribution in [0.1, 0.15) is 206 Å². The smallest absolute Gasteiger partial charge is 0.457 e. The second-order valence-electron chi connectivity index (χ2n) is 15.4. The number of hydrogen-bond donors (Lipinski definition) is 3. The number of rotatable bonds is 44. The Bertz CT molecular complexity index is 970. The lowest BCUT2D eigenvalue weighted by Crippen LogP contribution is -2.29. The molecule has 0 aliphatic carbocycles. The molecule has 0 aromatic heterocycles. The molecule has 0 bridgehead atoms. The molecular weight excluding hydrogens is 727 g/mol. The number of carbonyl (C=O) groups is 1. The molecule has 0 fully saturated rings. The van der Waals surface area contributed by atoms with Crippen molar-refractivity contribution < 1.29 is 43.0 Å². The van der Waals surface area contributed by atoms with Crippen molar-refractivity contribution in [3.63, 3.8) is 0 Å². The van der Waals surface area contributed by atoms with Crippen LogP contribution in [0, 0.1) is 0 Å². The predicted octanol–water partition coefficient (Wildman–Crippen LogP) is 12.8. The molecule has 0 amide bonds. The molecule has 0 aromatic carbocycles. The molecule has 330 valence electrons. The van der Waals surface area contributed by atoms with Crippen LogP contribution >= 0.6 is 7.82 Å². The fraction of sp³-hybridized carbons (Fsp3) is 0.848. The van der Waals surface area contributed by atoms with Crippen LogP contribution in [-0.2, 0) is 27.9 Å². The standard InChI is InChI=1S/C46H87O9P/c1-3-5-7-9-11-13-15-17-19-21-22-23-24-26-28-30-32-34-36-38-46(49)55-45(43-54-56(50,51)53-41-44(48)40-47)42-52-39-37-35-33-31-29-27-25-20-18-16-14-12-10-8-6-4-2/h11,13,17-20,44-45,47-48H,3-10,12,14-16,21-43H2,1-2H3,(H,50,51)/b13-11-,19-17-,20-18-. The van der Waals surface area contributed by atoms with Gasteiger partial charge in [0.05, 0.1) is 26.4 Å². The predicted molar refractivity (Wildman–Crippen MR) is 233 cm³/mol. The molecular formula is C46H87O9P. The Hall–Kier alpha value is -1.32. The van der Waals surface area contributed by atoms with E-state index >= 15 is 0 Å². The zero-order valence-electron chi connectivity index (χ0n) is 36.1. The SMILES string of the molecule is CCCCC/C=C\C/C=C\CCCCCCCCCCCC(=O)OC(COCCCCCCCC/C=C\CCCCCCCC)COP(=O)(O)OCC(O)CO. The van der Waals surface area contributed by atoms with Crippen molar-refractivity contribution in [2.75, 3.05) is 33.0 Å². The molecule has 0 saturated carbocycles. The van der Waals surface area contributed by atoms with E-state index in [-0.39, 0.29) is 25.6 Å². The Kier molecular flexibility index (Phi) is 42.2. The van der Waals surface area contributed by atoms with Crippen LogP contribution in [0.5, 0.6) is 0 Å². The highest BCUT2D eigenvalue weighted by Gasteiger charge is 2.26. The molecule has 0 saturated heterocycles. The van der Waals surface area contributed by atoms with Crippen molar-refractivity contribution in [2.45, 2.75) is 219 Å². The number of unbranched alkanes of at least 4 members (excludes halogenated alkanes) is 24. The largest absolute Gasteiger partial charge is 0.472 e. The maximum atomic E-state index is 12.6. The van der Waals surface area contributed by atoms with Crippen molar-refractivity contribution in [3.8, 4) is 0 Å². The number of aliphatic hydroxyl groups excluding tert-OH is 2. The summed E-state index contributed by atoms with van der Waals surface area (Å²) in [7, 11) is -4.52. The highest BCUT2D eigenvalue weighted by atomic mass is 31.2. The van der Waals surface area contributed by atoms with Gasteiger partial charge in [0.15, 0.2) is 0 Å². The number of hydrogen-bond acceptors (Lipinski definition) is 8. The lowest BCUT2D eigenvalue weighted by molar-refractivity contribution is -0.154. The molecule has 9 nitrogen and oxygen atoms in total. The molecule has 3 N–H and O–H groups in total. The Balaban J connectivity index is 4.15. The third-order valence-electron chi connectivity index (χ3n) is 9.80. The first-order valence-electron chi connectivity index (χ1n) is 23.0. The zero-order valence-corrected chi connectivity index (χ0v) is 37.0. The van der Waals surface area contributed by atoms with E-state index in [1.807, 2.05) is 0 Å². The first-order chi connectivity index (χ1) is 27.3. The minimum atomic E-state index is -4.52. The van der Waals surface area contributed by atoms with Gasteiger partial charge in [0.25, 0.3) is 0 Å². The van der Waals surface area contributed by atoms with Crippen LogP contribution in [0.25, 0.3) is 0 Å². The fourth-order valence-corrected chi connectivity index (χ4v) is 7.05. The summed E-state index contributed by atoms with van der Waals surface area (Å²) in [5, 5.41) is 18.4. The van der Waals surface area contributed by atoms with Crippen LogP contribution in [0.2, 0.25) is 0 Å². The van der Waals surface area contributed by atoms with Crippen molar-refractivity contribution in [3.05, 3.63) is 36.5 Å². The molecule has 0 aromatic rings. The fourth-order valence-electron chi connectivity index (χ4n) is 6.26. The van der Waals surface area contributed by atoms with E-state index in [0.717, 1.165) is 57.8 Å². The Morgan fingerprint density at radius 3 is 1.48 bits per heavy atom. The van der Waals surface area contributed by atoms with Crippen LogP contribution in [0.15, 0.2) is 36.5 Å². The number of aliphatic hydroxyl groups is 2. The van der Waals surface area contributed by atoms with E-state index in [4.69, 9.17) is 23.6 Å². The summed E-state index contributed by atoms with van der Waals surface area (Å²) in [6, 6.07) is 0. The number of phosphoric ester groups is 1. The lowest BCUT2D eigenvalue weighted by Gasteiger charge is -2.20. The van der Waals surface area contributed by atoms with E-state index in [2.05, 4.69) is 50.3 Å². The van der Waals surface area contributed by atoms with Crippen molar-refractivity contribution >= 4 is 13.8 Å². The van der Waals surface area contributed by atoms with Gasteiger partial charge in [0, 0.05) is 13.0 Å². The Labute approximate surface area is 344 Å². The summed E-state index contributed by atoms with van der Waals surface area (Å²) < 4.78 is 33.4. The maximum absolute atomic E-state index is 12.6. The number of phosphoric acid groups is 1. The van der Waals surface area contributed by atoms with Crippen LogP contribution in [0.3, 0.4) is 0 Å². The van der Waals surface area contributed by atoms with Crippen LogP contribution in [-0.4, -0.2) is 66.3 Å². The Morgan fingerprint density at radius 2 is 0.964 bits per heavy atom. The average molecular weight is 815 g/mol. The van der Waals surface area contributed by atoms with Gasteiger partial charge < -0.3 is 24.6 Å². The summed E-state index contributed by atoms with van der Waals surface area (Å²) in [5.41, 5.74) is 0. The van der Waals surface area contributed by atoms with E-state index in [1.54, 1.807) is 0 Å². The molecule has 3 unspecified atom stereocenters. The third kappa shape index (κ3) is 42.3. The quantitative estimate of drug-likeness (QED) is 0.0238. The van der Waals surface area contributed by atoms with Crippen molar-refractivity contribution in [2.24, 2.45) is 0 Å². The molecule has 0 rings (SSSR count). The second-order valence-corrected chi connectivity index (χ2v) is 16.9. The van der Waals surface area contributed by atoms with Gasteiger partial charge in [-0.15, -0.1) is 0 Å². The van der Waals surface area contributed by atoms with E-state index in [0.29, 0.717) is 6.61 Å². The van der Waals surface area contributed by atoms with Gasteiger partial charge in [-0.1, -0.05) is 166 Å². The molecule has 56 heavy (non-hydrogen) atoms. The molecule has 10 heteroatoms. The molecule has 3 atom stereocenters. The van der Waals surface area contributed by atoms with Gasteiger partial charge in [0.2, 0.25) is 0 Å². The first-order valence-corrected chi connectivity index (χ1v) is 24.5. The Morgan fingerprint density at radius 1 is 0.554 bits per heavy atom. The third-order valence-corrected chi connectivity index (χ3v) is 10.7. The number of carbonyl (C=O) groups excluding carboxylic acids is 1. The lowest BCUT2D eigenvalue weighted by atomic mass is 10.1. The summed E-state index contributed by atoms with van der Waals surface area (Å²) in [6.07, 6.45) is 46.7. The monoisotopic (exact) mass is 815 g/mol. The molecule has 0 spiro atoms. The van der Waals surface area contributed by atoms with E-state index in [9.17, 15) is 19.4 Å². The minimum Gasteiger partial charge on any atom is -0.457 e. The highest BCUT2D eigenvalue weighted by Crippen LogP contribution is 2.43. The van der Waals surface area contributed by atoms with Gasteiger partial charge in [-0.3, -0.25) is 13.8 Å². The maximum Gasteiger partial charge on any atom is 0.472 e. The molecule has 0 radical (unpaired) electrons. The van der Waals surface area contributed by atoms with E-state index < -0.39 is 33.2 Å². The van der Waals surface area contributed by atoms with E-state index in [1.165, 1.54) is 128 Å². The van der Waals surface area contributed by atoms with Gasteiger partial charge in [0.1, 0.15) is 12.2 Å². The highest BCUT2D eigenvalue weighted by molar-refractivity contribution is 7.47. The average Bonchev–Trinajstić information content (AvgIpc) is 3.19. The topological polar surface area (TPSA) is 132 Å². The normalized spacial score (nSPS) is 14.3. The van der Waals surface area contributed by atoms with Crippen molar-refractivity contribution in [1.29, 1.82) is 0 Å². The van der Waals surface area contributed by atoms with Crippen LogP contribution in [0.4, 0.5) is 0 Å². The zero-order chi connectivity index (χ0) is 41.1. The van der Waals surface area contributed by atoms with Gasteiger partial charge in [-0.05, 0) is 70.6 Å². The molecule has 0 heterocycles. The van der Waals surface area contributed by atoms with Crippen LogP contribution < -0.4 is 0 Å². The summed E-state index contributed by atoms with van der Waals surface area (Å²) in [6.45, 7) is 3.49. The van der Waals surface area contributed by atoms with Gasteiger partial charge in [-0.25, -0.2) is 4.57 Å². The minimum absolute atomic E-state index is 0.0445. The number of ether oxygens (including phenoxy) is 2. The number of esters is 1. The summed E-state index contributed by atoms with van der Waals surface area (Å²) in [5.74, 6) is -0.388. The second kappa shape index (κ2) is 43.3. The van der Waals surface area contributed by atoms with Gasteiger partial charge in [-0.2, -0.15) is 0 Å².